The molecule has 16 heteroatoms. The molecule has 242 valence electrons. The van der Waals surface area contributed by atoms with Crippen LogP contribution in [-0.4, -0.2) is 76.0 Å². The Labute approximate surface area is 261 Å². The van der Waals surface area contributed by atoms with Crippen molar-refractivity contribution in [1.82, 2.24) is 20.1 Å². The van der Waals surface area contributed by atoms with Crippen LogP contribution in [0, 0.1) is 0 Å². The van der Waals surface area contributed by atoms with E-state index in [4.69, 9.17) is 0 Å². The summed E-state index contributed by atoms with van der Waals surface area (Å²) in [6.07, 6.45) is 4.30. The molecule has 0 radical (unpaired) electrons. The summed E-state index contributed by atoms with van der Waals surface area (Å²) in [5.41, 5.74) is 1.94. The van der Waals surface area contributed by atoms with Crippen molar-refractivity contribution >= 4 is 44.9 Å². The minimum atomic E-state index is -3.40. The molecule has 0 aliphatic rings. The number of phenolic OH excluding ortho intramolecular Hbond substituents is 2. The van der Waals surface area contributed by atoms with Gasteiger partial charge in [-0.05, 0) is 61.3 Å². The minimum absolute atomic E-state index is 0. The van der Waals surface area contributed by atoms with Crippen molar-refractivity contribution in [3.63, 3.8) is 0 Å². The van der Waals surface area contributed by atoms with E-state index in [0.29, 0.717) is 35.3 Å². The van der Waals surface area contributed by atoms with Gasteiger partial charge in [-0.2, -0.15) is 0 Å². The van der Waals surface area contributed by atoms with Gasteiger partial charge in [0.25, 0.3) is 0 Å². The predicted octanol–water partition coefficient (Wildman–Crippen LogP) is 1.55. The second kappa shape index (κ2) is 19.5. The number of nitrogens with one attached hydrogen (secondary N) is 4. The standard InChI is InChI=1S/C26H42N4O8S2.2ClH/c1-39(35,36)29-15-21-13-19(7-9-23(21)31)25(33)17-27-11-5-3-4-6-12-28-18-26(34)20-8-10-24(32)22(14-20)16-30-40(2,37)38;;/h7-10,13-14,25-34H,3-6,11-12,15-18H2,1-2H3;2*1H. The van der Waals surface area contributed by atoms with Gasteiger partial charge in [0, 0.05) is 37.3 Å². The number of rotatable bonds is 19. The zero-order chi connectivity index (χ0) is 29.8. The van der Waals surface area contributed by atoms with Crippen molar-refractivity contribution in [2.45, 2.75) is 51.0 Å². The Morgan fingerprint density at radius 2 is 1.00 bits per heavy atom. The summed E-state index contributed by atoms with van der Waals surface area (Å²) in [6, 6.07) is 9.25. The molecule has 0 fully saturated rings. The van der Waals surface area contributed by atoms with E-state index in [1.807, 2.05) is 0 Å². The van der Waals surface area contributed by atoms with Crippen molar-refractivity contribution in [3.05, 3.63) is 58.7 Å². The Hall–Kier alpha value is -1.72. The zero-order valence-corrected chi connectivity index (χ0v) is 27.0. The van der Waals surface area contributed by atoms with Gasteiger partial charge in [0.15, 0.2) is 0 Å². The number of aliphatic hydroxyl groups excluding tert-OH is 2. The van der Waals surface area contributed by atoms with Crippen LogP contribution in [0.3, 0.4) is 0 Å². The number of aliphatic hydroxyl groups is 2. The third-order valence-electron chi connectivity index (χ3n) is 6.16. The maximum absolute atomic E-state index is 11.3. The molecule has 0 spiro atoms. The molecule has 0 saturated heterocycles. The van der Waals surface area contributed by atoms with Crippen molar-refractivity contribution in [1.29, 1.82) is 0 Å². The van der Waals surface area contributed by atoms with E-state index in [1.54, 1.807) is 24.3 Å². The Morgan fingerprint density at radius 3 is 1.33 bits per heavy atom. The van der Waals surface area contributed by atoms with Gasteiger partial charge in [0.05, 0.1) is 24.7 Å². The third kappa shape index (κ3) is 16.2. The summed E-state index contributed by atoms with van der Waals surface area (Å²) in [4.78, 5) is 0. The van der Waals surface area contributed by atoms with E-state index in [0.717, 1.165) is 51.3 Å². The average Bonchev–Trinajstić information content (AvgIpc) is 2.87. The number of phenols is 2. The van der Waals surface area contributed by atoms with E-state index in [9.17, 15) is 37.3 Å². The van der Waals surface area contributed by atoms with Gasteiger partial charge >= 0.3 is 0 Å². The molecule has 42 heavy (non-hydrogen) atoms. The van der Waals surface area contributed by atoms with Crippen molar-refractivity contribution in [2.75, 3.05) is 38.7 Å². The quantitative estimate of drug-likeness (QED) is 0.101. The fourth-order valence-electron chi connectivity index (χ4n) is 3.89. The van der Waals surface area contributed by atoms with E-state index in [-0.39, 0.29) is 49.4 Å². The Morgan fingerprint density at radius 1 is 0.643 bits per heavy atom. The zero-order valence-electron chi connectivity index (χ0n) is 23.7. The van der Waals surface area contributed by atoms with E-state index in [1.165, 1.54) is 12.1 Å². The normalized spacial score (nSPS) is 13.1. The molecule has 0 aromatic heterocycles. The molecule has 2 aromatic rings. The van der Waals surface area contributed by atoms with Crippen LogP contribution in [0.4, 0.5) is 0 Å². The van der Waals surface area contributed by atoms with Gasteiger partial charge in [-0.1, -0.05) is 25.0 Å². The van der Waals surface area contributed by atoms with Crippen LogP contribution in [0.5, 0.6) is 11.5 Å². The van der Waals surface area contributed by atoms with E-state index < -0.39 is 32.3 Å². The Kier molecular flexibility index (Phi) is 18.7. The molecular weight excluding hydrogens is 631 g/mol. The number of halogens is 2. The Bertz CT molecular complexity index is 1200. The summed E-state index contributed by atoms with van der Waals surface area (Å²) in [5, 5.41) is 47.1. The first-order valence-electron chi connectivity index (χ1n) is 13.1. The molecule has 0 aliphatic heterocycles. The highest BCUT2D eigenvalue weighted by molar-refractivity contribution is 7.88. The average molecular weight is 676 g/mol. The van der Waals surface area contributed by atoms with Gasteiger partial charge in [-0.15, -0.1) is 24.8 Å². The topological polar surface area (TPSA) is 197 Å². The highest BCUT2D eigenvalue weighted by Gasteiger charge is 2.13. The highest BCUT2D eigenvalue weighted by Crippen LogP contribution is 2.23. The lowest BCUT2D eigenvalue weighted by Gasteiger charge is -2.15. The molecule has 2 atom stereocenters. The first-order chi connectivity index (χ1) is 18.7. The van der Waals surface area contributed by atoms with Crippen LogP contribution in [0.25, 0.3) is 0 Å². The number of unbranched alkanes of at least 4 members (excludes halogenated alkanes) is 3. The fraction of sp³-hybridized carbons (Fsp3) is 0.538. The molecule has 12 nitrogen and oxygen atoms in total. The van der Waals surface area contributed by atoms with Crippen molar-refractivity contribution in [2.24, 2.45) is 0 Å². The summed E-state index contributed by atoms with van der Waals surface area (Å²) in [7, 11) is -6.81. The molecule has 0 aliphatic carbocycles. The molecule has 0 saturated carbocycles. The number of hydrogen-bond acceptors (Lipinski definition) is 10. The molecule has 2 aromatic carbocycles. The van der Waals surface area contributed by atoms with Gasteiger partial charge in [-0.3, -0.25) is 0 Å². The van der Waals surface area contributed by atoms with Crippen LogP contribution in [0.15, 0.2) is 36.4 Å². The molecule has 0 bridgehead atoms. The van der Waals surface area contributed by atoms with Crippen molar-refractivity contribution in [3.8, 4) is 11.5 Å². The number of sulfonamides is 2. The Balaban J connectivity index is 0.00000840. The summed E-state index contributed by atoms with van der Waals surface area (Å²) in [5.74, 6) is -0.0870. The second-order valence-corrected chi connectivity index (χ2v) is 13.5. The largest absolute Gasteiger partial charge is 0.508 e. The monoisotopic (exact) mass is 674 g/mol. The van der Waals surface area contributed by atoms with E-state index in [2.05, 4.69) is 20.1 Å². The lowest BCUT2D eigenvalue weighted by molar-refractivity contribution is 0.173. The first kappa shape index (κ1) is 40.3. The molecular formula is C26H44Cl2N4O8S2. The van der Waals surface area contributed by atoms with Crippen LogP contribution in [-0.2, 0) is 33.1 Å². The van der Waals surface area contributed by atoms with Crippen LogP contribution < -0.4 is 20.1 Å². The molecule has 8 N–H and O–H groups in total. The minimum Gasteiger partial charge on any atom is -0.508 e. The van der Waals surface area contributed by atoms with Gasteiger partial charge < -0.3 is 31.1 Å². The lowest BCUT2D eigenvalue weighted by Crippen LogP contribution is -2.24. The van der Waals surface area contributed by atoms with Gasteiger partial charge in [0.2, 0.25) is 20.0 Å². The first-order valence-corrected chi connectivity index (χ1v) is 16.8. The lowest BCUT2D eigenvalue weighted by atomic mass is 10.0. The summed E-state index contributed by atoms with van der Waals surface area (Å²) in [6.45, 7) is 1.98. The van der Waals surface area contributed by atoms with Crippen LogP contribution >= 0.6 is 24.8 Å². The van der Waals surface area contributed by atoms with Gasteiger partial charge in [0.1, 0.15) is 11.5 Å². The van der Waals surface area contributed by atoms with Crippen LogP contribution in [0.1, 0.15) is 60.1 Å². The maximum atomic E-state index is 11.3. The third-order valence-corrected chi connectivity index (χ3v) is 7.50. The predicted molar refractivity (Wildman–Crippen MR) is 168 cm³/mol. The molecule has 0 amide bonds. The van der Waals surface area contributed by atoms with Crippen molar-refractivity contribution < 1.29 is 37.3 Å². The molecule has 0 heterocycles. The van der Waals surface area contributed by atoms with Gasteiger partial charge in [-0.25, -0.2) is 26.3 Å². The molecule has 2 unspecified atom stereocenters. The second-order valence-electron chi connectivity index (χ2n) is 9.82. The fourth-order valence-corrected chi connectivity index (χ4v) is 4.73. The highest BCUT2D eigenvalue weighted by atomic mass is 35.5. The SMILES string of the molecule is CS(=O)(=O)NCc1cc(C(O)CNCCCCCCNCC(O)c2ccc(O)c(CNS(C)(=O)=O)c2)ccc1O.Cl.Cl. The molecule has 2 rings (SSSR count). The van der Waals surface area contributed by atoms with Crippen LogP contribution in [0.2, 0.25) is 0 Å². The summed E-state index contributed by atoms with van der Waals surface area (Å²) < 4.78 is 49.8. The van der Waals surface area contributed by atoms with E-state index >= 15 is 0 Å². The summed E-state index contributed by atoms with van der Waals surface area (Å²) >= 11 is 0. The number of hydrogen-bond donors (Lipinski definition) is 8. The number of aromatic hydroxyl groups is 2. The number of benzene rings is 2. The maximum Gasteiger partial charge on any atom is 0.209 e. The smallest absolute Gasteiger partial charge is 0.209 e.